The second-order valence-electron chi connectivity index (χ2n) is 5.11. The van der Waals surface area contributed by atoms with Crippen LogP contribution in [0, 0.1) is 0 Å². The Kier molecular flexibility index (Phi) is 2.07. The van der Waals surface area contributed by atoms with Crippen LogP contribution in [0.3, 0.4) is 0 Å². The second kappa shape index (κ2) is 3.58. The lowest BCUT2D eigenvalue weighted by molar-refractivity contribution is -0.110. The Morgan fingerprint density at radius 2 is 1.74 bits per heavy atom. The van der Waals surface area contributed by atoms with Crippen molar-refractivity contribution in [3.8, 4) is 0 Å². The van der Waals surface area contributed by atoms with Gasteiger partial charge in [-0.2, -0.15) is 0 Å². The van der Waals surface area contributed by atoms with Crippen LogP contribution in [0.25, 0.3) is 27.6 Å². The molecule has 0 saturated carbocycles. The first-order chi connectivity index (χ1) is 9.23. The highest BCUT2D eigenvalue weighted by atomic mass is 35.5. The van der Waals surface area contributed by atoms with Gasteiger partial charge in [0.05, 0.1) is 0 Å². The standard InChI is InChI=1S/C17H11ClO/c18-17(10-19)9-8-13-5-4-11-2-1-3-12-6-7-14(17)16(13)15(11)12/h1-8,10H,9H2. The molecule has 0 bridgehead atoms. The normalized spacial score (nSPS) is 21.5. The molecule has 2 heteroatoms. The van der Waals surface area contributed by atoms with Gasteiger partial charge in [-0.15, -0.1) is 11.6 Å². The fourth-order valence-electron chi connectivity index (χ4n) is 3.11. The van der Waals surface area contributed by atoms with Crippen molar-refractivity contribution in [2.45, 2.75) is 11.3 Å². The minimum atomic E-state index is -0.911. The maximum absolute atomic E-state index is 11.4. The third-order valence-corrected chi connectivity index (χ3v) is 4.51. The molecule has 1 aliphatic carbocycles. The average Bonchev–Trinajstić information content (AvgIpc) is 2.47. The quantitative estimate of drug-likeness (QED) is 0.486. The van der Waals surface area contributed by atoms with Crippen molar-refractivity contribution in [3.63, 3.8) is 0 Å². The van der Waals surface area contributed by atoms with Crippen LogP contribution >= 0.6 is 11.6 Å². The maximum Gasteiger partial charge on any atom is 0.145 e. The van der Waals surface area contributed by atoms with Gasteiger partial charge in [0.15, 0.2) is 0 Å². The van der Waals surface area contributed by atoms with Crippen LogP contribution in [0.1, 0.15) is 12.0 Å². The summed E-state index contributed by atoms with van der Waals surface area (Å²) in [4.78, 5) is 10.5. The molecule has 0 aromatic heterocycles. The van der Waals surface area contributed by atoms with Gasteiger partial charge in [-0.25, -0.2) is 0 Å². The summed E-state index contributed by atoms with van der Waals surface area (Å²) in [6.45, 7) is 0. The Labute approximate surface area is 115 Å². The van der Waals surface area contributed by atoms with Gasteiger partial charge in [-0.05, 0) is 38.7 Å². The van der Waals surface area contributed by atoms with Crippen LogP contribution in [0.2, 0.25) is 0 Å². The maximum atomic E-state index is 11.4. The van der Waals surface area contributed by atoms with Gasteiger partial charge in [0, 0.05) is 0 Å². The highest BCUT2D eigenvalue weighted by molar-refractivity contribution is 6.33. The molecule has 4 rings (SSSR count). The number of alkyl halides is 1. The van der Waals surface area contributed by atoms with Gasteiger partial charge in [0.2, 0.25) is 0 Å². The first-order valence-electron chi connectivity index (χ1n) is 6.33. The molecule has 0 N–H and O–H groups in total. The molecule has 0 amide bonds. The fraction of sp³-hybridized carbons (Fsp3) is 0.118. The van der Waals surface area contributed by atoms with E-state index in [1.807, 2.05) is 6.07 Å². The van der Waals surface area contributed by atoms with Crippen LogP contribution in [-0.4, -0.2) is 6.29 Å². The van der Waals surface area contributed by atoms with Crippen molar-refractivity contribution in [3.05, 3.63) is 53.2 Å². The highest BCUT2D eigenvalue weighted by Crippen LogP contribution is 2.39. The van der Waals surface area contributed by atoms with Crippen LogP contribution in [0.5, 0.6) is 0 Å². The minimum absolute atomic E-state index is 0.554. The van der Waals surface area contributed by atoms with Crippen molar-refractivity contribution < 1.29 is 4.79 Å². The Morgan fingerprint density at radius 3 is 2.47 bits per heavy atom. The van der Waals surface area contributed by atoms with E-state index in [1.165, 1.54) is 21.4 Å². The SMILES string of the molecule is O=CC1(Cl)CC=c2ccc3cccc4ccc1c2c43. The largest absolute Gasteiger partial charge is 0.301 e. The van der Waals surface area contributed by atoms with E-state index in [0.717, 1.165) is 17.2 Å². The van der Waals surface area contributed by atoms with E-state index >= 15 is 0 Å². The van der Waals surface area contributed by atoms with Crippen LogP contribution in [0.4, 0.5) is 0 Å². The molecule has 0 fully saturated rings. The summed E-state index contributed by atoms with van der Waals surface area (Å²) in [5.74, 6) is 0. The van der Waals surface area contributed by atoms with Crippen molar-refractivity contribution >= 4 is 45.5 Å². The first-order valence-corrected chi connectivity index (χ1v) is 6.71. The third kappa shape index (κ3) is 1.34. The molecule has 0 saturated heterocycles. The Morgan fingerprint density at radius 1 is 1.00 bits per heavy atom. The second-order valence-corrected chi connectivity index (χ2v) is 5.79. The summed E-state index contributed by atoms with van der Waals surface area (Å²) in [5, 5.41) is 5.90. The predicted octanol–water partition coefficient (Wildman–Crippen LogP) is 3.53. The van der Waals surface area contributed by atoms with Crippen molar-refractivity contribution in [2.24, 2.45) is 0 Å². The fourth-order valence-corrected chi connectivity index (χ4v) is 3.34. The lowest BCUT2D eigenvalue weighted by atomic mass is 9.84. The third-order valence-electron chi connectivity index (χ3n) is 4.06. The van der Waals surface area contributed by atoms with Gasteiger partial charge < -0.3 is 4.79 Å². The zero-order valence-corrected chi connectivity index (χ0v) is 10.9. The molecule has 1 nitrogen and oxygen atoms in total. The molecule has 3 aromatic rings. The summed E-state index contributed by atoms with van der Waals surface area (Å²) in [7, 11) is 0. The number of benzene rings is 3. The molecule has 3 aromatic carbocycles. The highest BCUT2D eigenvalue weighted by Gasteiger charge is 2.32. The van der Waals surface area contributed by atoms with Crippen molar-refractivity contribution in [2.75, 3.05) is 0 Å². The van der Waals surface area contributed by atoms with Crippen LogP contribution < -0.4 is 5.22 Å². The van der Waals surface area contributed by atoms with E-state index in [4.69, 9.17) is 11.6 Å². The number of rotatable bonds is 1. The van der Waals surface area contributed by atoms with E-state index in [1.54, 1.807) is 0 Å². The number of hydrogen-bond acceptors (Lipinski definition) is 1. The molecular formula is C17H11ClO. The molecule has 1 unspecified atom stereocenters. The van der Waals surface area contributed by atoms with Gasteiger partial charge in [0.1, 0.15) is 11.2 Å². The molecule has 92 valence electrons. The Bertz CT molecular complexity index is 865. The van der Waals surface area contributed by atoms with E-state index in [0.29, 0.717) is 6.42 Å². The van der Waals surface area contributed by atoms with Gasteiger partial charge >= 0.3 is 0 Å². The Balaban J connectivity index is 2.33. The van der Waals surface area contributed by atoms with E-state index in [9.17, 15) is 4.79 Å². The topological polar surface area (TPSA) is 17.1 Å². The van der Waals surface area contributed by atoms with Crippen molar-refractivity contribution in [1.29, 1.82) is 0 Å². The number of hydrogen-bond donors (Lipinski definition) is 0. The number of halogens is 1. The van der Waals surface area contributed by atoms with E-state index in [2.05, 4.69) is 42.5 Å². The summed E-state index contributed by atoms with van der Waals surface area (Å²) in [6.07, 6.45) is 3.48. The van der Waals surface area contributed by atoms with E-state index < -0.39 is 4.87 Å². The van der Waals surface area contributed by atoms with Gasteiger partial charge in [0.25, 0.3) is 0 Å². The van der Waals surface area contributed by atoms with Gasteiger partial charge in [-0.1, -0.05) is 48.5 Å². The van der Waals surface area contributed by atoms with E-state index in [-0.39, 0.29) is 0 Å². The summed E-state index contributed by atoms with van der Waals surface area (Å²) >= 11 is 6.50. The Hall–Kier alpha value is -1.86. The first kappa shape index (κ1) is 11.0. The molecule has 1 aliphatic rings. The molecule has 0 heterocycles. The molecule has 0 radical (unpaired) electrons. The molecule has 0 aliphatic heterocycles. The smallest absolute Gasteiger partial charge is 0.145 e. The van der Waals surface area contributed by atoms with Crippen molar-refractivity contribution in [1.82, 2.24) is 0 Å². The zero-order chi connectivity index (χ0) is 13.0. The average molecular weight is 267 g/mol. The number of aldehydes is 1. The van der Waals surface area contributed by atoms with Crippen LogP contribution in [-0.2, 0) is 9.67 Å². The minimum Gasteiger partial charge on any atom is -0.301 e. The number of carbonyl (C=O) groups excluding carboxylic acids is 1. The predicted molar refractivity (Wildman–Crippen MR) is 79.3 cm³/mol. The summed E-state index contributed by atoms with van der Waals surface area (Å²) in [6, 6.07) is 14.5. The lowest BCUT2D eigenvalue weighted by Gasteiger charge is -2.26. The molecule has 0 spiro atoms. The number of carbonyl (C=O) groups is 1. The summed E-state index contributed by atoms with van der Waals surface area (Å²) in [5.41, 5.74) is 0.936. The zero-order valence-electron chi connectivity index (χ0n) is 10.2. The van der Waals surface area contributed by atoms with Gasteiger partial charge in [-0.3, -0.25) is 0 Å². The molecule has 1 atom stereocenters. The lowest BCUT2D eigenvalue weighted by Crippen LogP contribution is -2.26. The molecule has 19 heavy (non-hydrogen) atoms. The summed E-state index contributed by atoms with van der Waals surface area (Å²) < 4.78 is 0. The van der Waals surface area contributed by atoms with Crippen LogP contribution in [0.15, 0.2) is 42.5 Å². The monoisotopic (exact) mass is 266 g/mol. The molecular weight excluding hydrogens is 256 g/mol.